The second kappa shape index (κ2) is 7.63. The van der Waals surface area contributed by atoms with Crippen molar-refractivity contribution in [2.45, 2.75) is 19.4 Å². The van der Waals surface area contributed by atoms with Crippen molar-refractivity contribution in [3.8, 4) is 11.5 Å². The summed E-state index contributed by atoms with van der Waals surface area (Å²) < 4.78 is 10.5. The van der Waals surface area contributed by atoms with E-state index in [-0.39, 0.29) is 30.6 Å². The number of nitrogens with one attached hydrogen (secondary N) is 3. The average Bonchev–Trinajstić information content (AvgIpc) is 3.18. The van der Waals surface area contributed by atoms with Crippen LogP contribution in [-0.2, 0) is 16.0 Å². The standard InChI is InChI=1S/C20H18N4O5/c1-11(19(26)22-12-6-7-16-17(8-12)29-10-28-16)21-18(25)9-15-13-4-2-3-5-14(13)20(27)24-23-15/h2-8,11H,9-10H2,1H3,(H,21,25)(H,22,26)(H,24,27)/t11-/m1/s1. The van der Waals surface area contributed by atoms with E-state index in [0.29, 0.717) is 33.7 Å². The van der Waals surface area contributed by atoms with Crippen molar-refractivity contribution in [1.29, 1.82) is 0 Å². The SMILES string of the molecule is C[C@@H](NC(=O)Cc1n[nH]c(=O)c2ccccc12)C(=O)Nc1ccc2c(c1)OCO2. The van der Waals surface area contributed by atoms with Gasteiger partial charge < -0.3 is 20.1 Å². The number of amides is 2. The van der Waals surface area contributed by atoms with Gasteiger partial charge in [-0.2, -0.15) is 5.10 Å². The maximum atomic E-state index is 12.4. The molecule has 0 fully saturated rings. The Kier molecular flexibility index (Phi) is 4.86. The molecule has 3 N–H and O–H groups in total. The third kappa shape index (κ3) is 3.88. The molecule has 2 heterocycles. The first-order chi connectivity index (χ1) is 14.0. The molecule has 1 aliphatic rings. The fraction of sp³-hybridized carbons (Fsp3) is 0.200. The Bertz CT molecular complexity index is 1160. The van der Waals surface area contributed by atoms with Gasteiger partial charge in [-0.05, 0) is 25.1 Å². The molecule has 1 atom stereocenters. The third-order valence-corrected chi connectivity index (χ3v) is 4.51. The first-order valence-corrected chi connectivity index (χ1v) is 8.97. The fourth-order valence-corrected chi connectivity index (χ4v) is 3.04. The zero-order valence-electron chi connectivity index (χ0n) is 15.5. The van der Waals surface area contributed by atoms with Crippen LogP contribution in [0.25, 0.3) is 10.8 Å². The van der Waals surface area contributed by atoms with Crippen molar-refractivity contribution < 1.29 is 19.1 Å². The van der Waals surface area contributed by atoms with Gasteiger partial charge in [-0.15, -0.1) is 0 Å². The number of aromatic nitrogens is 2. The van der Waals surface area contributed by atoms with E-state index >= 15 is 0 Å². The molecule has 9 nitrogen and oxygen atoms in total. The minimum absolute atomic E-state index is 0.0705. The van der Waals surface area contributed by atoms with Gasteiger partial charge in [0.2, 0.25) is 18.6 Å². The van der Waals surface area contributed by atoms with Gasteiger partial charge in [0.25, 0.3) is 5.56 Å². The van der Waals surface area contributed by atoms with Crippen LogP contribution >= 0.6 is 0 Å². The number of hydrogen-bond donors (Lipinski definition) is 3. The van der Waals surface area contributed by atoms with Crippen molar-refractivity contribution in [1.82, 2.24) is 15.5 Å². The fourth-order valence-electron chi connectivity index (χ4n) is 3.04. The molecule has 0 unspecified atom stereocenters. The summed E-state index contributed by atoms with van der Waals surface area (Å²) in [6.45, 7) is 1.73. The topological polar surface area (TPSA) is 122 Å². The molecular formula is C20H18N4O5. The lowest BCUT2D eigenvalue weighted by atomic mass is 10.1. The minimum atomic E-state index is -0.776. The molecule has 0 aliphatic carbocycles. The lowest BCUT2D eigenvalue weighted by molar-refractivity contribution is -0.125. The van der Waals surface area contributed by atoms with E-state index in [4.69, 9.17) is 9.47 Å². The highest BCUT2D eigenvalue weighted by molar-refractivity contribution is 5.97. The molecule has 1 aromatic heterocycles. The number of carbonyl (C=O) groups is 2. The van der Waals surface area contributed by atoms with Crippen molar-refractivity contribution in [2.75, 3.05) is 12.1 Å². The molecule has 0 spiro atoms. The number of rotatable bonds is 5. The zero-order valence-corrected chi connectivity index (χ0v) is 15.5. The summed E-state index contributed by atoms with van der Waals surface area (Å²) in [5.41, 5.74) is 0.649. The summed E-state index contributed by atoms with van der Waals surface area (Å²) >= 11 is 0. The van der Waals surface area contributed by atoms with E-state index in [2.05, 4.69) is 20.8 Å². The average molecular weight is 394 g/mol. The number of fused-ring (bicyclic) bond motifs is 2. The normalized spacial score (nSPS) is 13.1. The maximum absolute atomic E-state index is 12.4. The van der Waals surface area contributed by atoms with Gasteiger partial charge in [-0.1, -0.05) is 18.2 Å². The van der Waals surface area contributed by atoms with Crippen molar-refractivity contribution in [2.24, 2.45) is 0 Å². The Morgan fingerprint density at radius 2 is 1.90 bits per heavy atom. The monoisotopic (exact) mass is 394 g/mol. The van der Waals surface area contributed by atoms with Gasteiger partial charge in [0.05, 0.1) is 17.5 Å². The maximum Gasteiger partial charge on any atom is 0.272 e. The molecule has 0 radical (unpaired) electrons. The first kappa shape index (κ1) is 18.5. The van der Waals surface area contributed by atoms with Crippen molar-refractivity contribution in [3.05, 3.63) is 58.5 Å². The molecule has 2 aromatic carbocycles. The summed E-state index contributed by atoms with van der Waals surface area (Å²) in [6.07, 6.45) is -0.0705. The number of nitrogens with zero attached hydrogens (tertiary/aromatic N) is 1. The molecule has 4 rings (SSSR count). The Labute approximate surface area is 165 Å². The van der Waals surface area contributed by atoms with Gasteiger partial charge in [0, 0.05) is 17.1 Å². The number of H-pyrrole nitrogens is 1. The van der Waals surface area contributed by atoms with Crippen molar-refractivity contribution in [3.63, 3.8) is 0 Å². The van der Waals surface area contributed by atoms with Gasteiger partial charge in [-0.3, -0.25) is 14.4 Å². The van der Waals surface area contributed by atoms with Gasteiger partial charge in [0.15, 0.2) is 11.5 Å². The second-order valence-electron chi connectivity index (χ2n) is 6.57. The summed E-state index contributed by atoms with van der Waals surface area (Å²) in [5.74, 6) is 0.403. The summed E-state index contributed by atoms with van der Waals surface area (Å²) in [6, 6.07) is 11.2. The number of aromatic amines is 1. The van der Waals surface area contributed by atoms with Gasteiger partial charge >= 0.3 is 0 Å². The van der Waals surface area contributed by atoms with E-state index in [1.54, 1.807) is 49.4 Å². The van der Waals surface area contributed by atoms with Crippen LogP contribution in [0.3, 0.4) is 0 Å². The lowest BCUT2D eigenvalue weighted by Crippen LogP contribution is -2.42. The molecule has 0 bridgehead atoms. The molecule has 0 saturated heterocycles. The molecule has 0 saturated carbocycles. The number of benzene rings is 2. The number of ether oxygens (including phenoxy) is 2. The lowest BCUT2D eigenvalue weighted by Gasteiger charge is -2.14. The van der Waals surface area contributed by atoms with Gasteiger partial charge in [-0.25, -0.2) is 5.10 Å². The molecule has 29 heavy (non-hydrogen) atoms. The highest BCUT2D eigenvalue weighted by Crippen LogP contribution is 2.34. The molecule has 148 valence electrons. The van der Waals surface area contributed by atoms with Crippen molar-refractivity contribution >= 4 is 28.3 Å². The smallest absolute Gasteiger partial charge is 0.272 e. The van der Waals surface area contributed by atoms with E-state index in [1.165, 1.54) is 0 Å². The summed E-state index contributed by atoms with van der Waals surface area (Å²) in [4.78, 5) is 36.6. The molecule has 3 aromatic rings. The van der Waals surface area contributed by atoms with Gasteiger partial charge in [0.1, 0.15) is 6.04 Å². The number of hydrogen-bond acceptors (Lipinski definition) is 6. The van der Waals surface area contributed by atoms with Crippen LogP contribution in [0.15, 0.2) is 47.3 Å². The Morgan fingerprint density at radius 1 is 1.14 bits per heavy atom. The van der Waals surface area contributed by atoms with Crippen LogP contribution in [0.5, 0.6) is 11.5 Å². The summed E-state index contributed by atoms with van der Waals surface area (Å²) in [7, 11) is 0. The Balaban J connectivity index is 1.40. The van der Waals surface area contributed by atoms with E-state index in [1.807, 2.05) is 0 Å². The van der Waals surface area contributed by atoms with Crippen LogP contribution in [0.2, 0.25) is 0 Å². The Morgan fingerprint density at radius 3 is 2.72 bits per heavy atom. The van der Waals surface area contributed by atoms with Crippen LogP contribution in [0.1, 0.15) is 12.6 Å². The molecule has 1 aliphatic heterocycles. The predicted octanol–water partition coefficient (Wildman–Crippen LogP) is 1.34. The van der Waals surface area contributed by atoms with E-state index < -0.39 is 6.04 Å². The van der Waals surface area contributed by atoms with Crippen LogP contribution in [0, 0.1) is 0 Å². The quantitative estimate of drug-likeness (QED) is 0.600. The largest absolute Gasteiger partial charge is 0.454 e. The highest BCUT2D eigenvalue weighted by atomic mass is 16.7. The molecule has 9 heteroatoms. The second-order valence-corrected chi connectivity index (χ2v) is 6.57. The van der Waals surface area contributed by atoms with E-state index in [9.17, 15) is 14.4 Å². The van der Waals surface area contributed by atoms with Crippen LogP contribution < -0.4 is 25.7 Å². The number of carbonyl (C=O) groups excluding carboxylic acids is 2. The predicted molar refractivity (Wildman–Crippen MR) is 105 cm³/mol. The first-order valence-electron chi connectivity index (χ1n) is 8.97. The van der Waals surface area contributed by atoms with Crippen LogP contribution in [-0.4, -0.2) is 34.8 Å². The number of anilines is 1. The third-order valence-electron chi connectivity index (χ3n) is 4.51. The zero-order chi connectivity index (χ0) is 20.4. The minimum Gasteiger partial charge on any atom is -0.454 e. The molecular weight excluding hydrogens is 376 g/mol. The van der Waals surface area contributed by atoms with E-state index in [0.717, 1.165) is 0 Å². The highest BCUT2D eigenvalue weighted by Gasteiger charge is 2.19. The Hall–Kier alpha value is -3.88. The van der Waals surface area contributed by atoms with Crippen LogP contribution in [0.4, 0.5) is 5.69 Å². The molecule has 2 amide bonds. The summed E-state index contributed by atoms with van der Waals surface area (Å²) in [5, 5.41) is 12.8.